The van der Waals surface area contributed by atoms with E-state index in [1.54, 1.807) is 14.0 Å². The van der Waals surface area contributed by atoms with Crippen molar-refractivity contribution < 1.29 is 25.8 Å². The lowest BCUT2D eigenvalue weighted by molar-refractivity contribution is -0.0548. The Morgan fingerprint density at radius 1 is 1.47 bits per heavy atom. The number of halogens is 3. The van der Waals surface area contributed by atoms with E-state index in [0.717, 1.165) is 0 Å². The van der Waals surface area contributed by atoms with Crippen LogP contribution in [-0.4, -0.2) is 23.7 Å². The minimum Gasteiger partial charge on any atom is -0.275 e. The SMILES string of the molecule is CCc1nn(C)cc1COS(=O)(=O)C(F)(F)F. The van der Waals surface area contributed by atoms with Gasteiger partial charge in [-0.2, -0.15) is 26.7 Å². The Balaban J connectivity index is 2.81. The van der Waals surface area contributed by atoms with Gasteiger partial charge in [-0.25, -0.2) is 0 Å². The lowest BCUT2D eigenvalue weighted by Gasteiger charge is -2.07. The van der Waals surface area contributed by atoms with E-state index in [9.17, 15) is 21.6 Å². The van der Waals surface area contributed by atoms with Crippen LogP contribution >= 0.6 is 0 Å². The van der Waals surface area contributed by atoms with Crippen molar-refractivity contribution in [3.8, 4) is 0 Å². The third-order valence-electron chi connectivity index (χ3n) is 1.98. The van der Waals surface area contributed by atoms with Crippen molar-refractivity contribution in [1.29, 1.82) is 0 Å². The largest absolute Gasteiger partial charge is 0.523 e. The second kappa shape index (κ2) is 4.65. The molecule has 0 aliphatic rings. The van der Waals surface area contributed by atoms with Crippen molar-refractivity contribution in [3.05, 3.63) is 17.5 Å². The van der Waals surface area contributed by atoms with Crippen molar-refractivity contribution >= 4 is 10.1 Å². The molecule has 0 N–H and O–H groups in total. The van der Waals surface area contributed by atoms with Gasteiger partial charge >= 0.3 is 15.6 Å². The van der Waals surface area contributed by atoms with Crippen LogP contribution < -0.4 is 0 Å². The predicted octanol–water partition coefficient (Wildman–Crippen LogP) is 1.35. The first-order valence-electron chi connectivity index (χ1n) is 4.64. The van der Waals surface area contributed by atoms with Crippen LogP contribution in [0.25, 0.3) is 0 Å². The minimum absolute atomic E-state index is 0.322. The van der Waals surface area contributed by atoms with Crippen LogP contribution in [0.4, 0.5) is 13.2 Å². The Bertz CT molecular complexity index is 493. The standard InChI is InChI=1S/C8H11F3N2O3S/c1-3-7-6(4-13(2)12-7)5-16-17(14,15)8(9,10)11/h4H,3,5H2,1-2H3. The van der Waals surface area contributed by atoms with Crippen LogP contribution in [0.3, 0.4) is 0 Å². The van der Waals surface area contributed by atoms with Crippen LogP contribution in [0, 0.1) is 0 Å². The van der Waals surface area contributed by atoms with Crippen molar-refractivity contribution in [2.45, 2.75) is 25.5 Å². The van der Waals surface area contributed by atoms with Crippen molar-refractivity contribution in [3.63, 3.8) is 0 Å². The summed E-state index contributed by atoms with van der Waals surface area (Å²) in [5, 5.41) is 3.95. The summed E-state index contributed by atoms with van der Waals surface area (Å²) in [6, 6.07) is 0. The first kappa shape index (κ1) is 14.0. The molecular weight excluding hydrogens is 261 g/mol. The van der Waals surface area contributed by atoms with Crippen LogP contribution in [0.2, 0.25) is 0 Å². The molecule has 1 heterocycles. The van der Waals surface area contributed by atoms with Crippen LogP contribution in [0.15, 0.2) is 6.20 Å². The fourth-order valence-electron chi connectivity index (χ4n) is 1.21. The second-order valence-electron chi connectivity index (χ2n) is 3.29. The van der Waals surface area contributed by atoms with Gasteiger partial charge in [-0.05, 0) is 6.42 Å². The topological polar surface area (TPSA) is 61.2 Å². The van der Waals surface area contributed by atoms with Gasteiger partial charge in [-0.1, -0.05) is 6.92 Å². The van der Waals surface area contributed by atoms with Gasteiger partial charge in [0.25, 0.3) is 0 Å². The monoisotopic (exact) mass is 272 g/mol. The zero-order valence-electron chi connectivity index (χ0n) is 9.15. The van der Waals surface area contributed by atoms with Crippen molar-refractivity contribution in [2.24, 2.45) is 7.05 Å². The van der Waals surface area contributed by atoms with Gasteiger partial charge in [-0.3, -0.25) is 8.86 Å². The Hall–Kier alpha value is -1.09. The van der Waals surface area contributed by atoms with E-state index in [-0.39, 0.29) is 0 Å². The Labute approximate surface area is 96.3 Å². The van der Waals surface area contributed by atoms with Gasteiger partial charge in [-0.15, -0.1) is 0 Å². The van der Waals surface area contributed by atoms with Crippen LogP contribution in [0.5, 0.6) is 0 Å². The average molecular weight is 272 g/mol. The van der Waals surface area contributed by atoms with E-state index in [1.807, 2.05) is 0 Å². The zero-order chi connectivity index (χ0) is 13.3. The maximum atomic E-state index is 12.0. The molecule has 0 aromatic carbocycles. The molecule has 0 bridgehead atoms. The summed E-state index contributed by atoms with van der Waals surface area (Å²) in [5.41, 5.74) is -4.57. The number of nitrogens with zero attached hydrogens (tertiary/aromatic N) is 2. The zero-order valence-corrected chi connectivity index (χ0v) is 9.97. The van der Waals surface area contributed by atoms with Gasteiger partial charge in [0.05, 0.1) is 12.3 Å². The molecule has 1 aromatic heterocycles. The van der Waals surface area contributed by atoms with Crippen molar-refractivity contribution in [1.82, 2.24) is 9.78 Å². The molecule has 0 saturated heterocycles. The van der Waals surface area contributed by atoms with Gasteiger partial charge in [0.1, 0.15) is 0 Å². The number of hydrogen-bond donors (Lipinski definition) is 0. The summed E-state index contributed by atoms with van der Waals surface area (Å²) in [7, 11) is -3.96. The number of rotatable bonds is 4. The molecule has 1 rings (SSSR count). The van der Waals surface area contributed by atoms with E-state index in [2.05, 4.69) is 9.28 Å². The van der Waals surface area contributed by atoms with Gasteiger partial charge in [0.2, 0.25) is 0 Å². The highest BCUT2D eigenvalue weighted by molar-refractivity contribution is 7.87. The molecular formula is C8H11F3N2O3S. The molecule has 1 aromatic rings. The van der Waals surface area contributed by atoms with Gasteiger partial charge in [0, 0.05) is 18.8 Å². The molecule has 5 nitrogen and oxygen atoms in total. The van der Waals surface area contributed by atoms with E-state index in [1.165, 1.54) is 10.9 Å². The quantitative estimate of drug-likeness (QED) is 0.613. The number of alkyl halides is 3. The lowest BCUT2D eigenvalue weighted by atomic mass is 10.2. The summed E-state index contributed by atoms with van der Waals surface area (Å²) in [6.07, 6.45) is 1.90. The Morgan fingerprint density at radius 3 is 2.53 bits per heavy atom. The lowest BCUT2D eigenvalue weighted by Crippen LogP contribution is -2.25. The van der Waals surface area contributed by atoms with E-state index >= 15 is 0 Å². The first-order valence-corrected chi connectivity index (χ1v) is 6.05. The summed E-state index contributed by atoms with van der Waals surface area (Å²) >= 11 is 0. The third kappa shape index (κ3) is 3.19. The molecule has 0 amide bonds. The number of aromatic nitrogens is 2. The highest BCUT2D eigenvalue weighted by Gasteiger charge is 2.47. The van der Waals surface area contributed by atoms with Gasteiger partial charge in [0.15, 0.2) is 0 Å². The first-order chi connectivity index (χ1) is 7.67. The van der Waals surface area contributed by atoms with Crippen molar-refractivity contribution in [2.75, 3.05) is 0 Å². The molecule has 0 unspecified atom stereocenters. The number of aryl methyl sites for hydroxylation is 2. The second-order valence-corrected chi connectivity index (χ2v) is 4.90. The Kier molecular flexibility index (Phi) is 3.82. The fraction of sp³-hybridized carbons (Fsp3) is 0.625. The average Bonchev–Trinajstić information content (AvgIpc) is 2.54. The fourth-order valence-corrected chi connectivity index (χ4v) is 1.63. The molecule has 0 spiro atoms. The molecule has 0 aliphatic carbocycles. The van der Waals surface area contributed by atoms with Crippen LogP contribution in [0.1, 0.15) is 18.2 Å². The maximum Gasteiger partial charge on any atom is 0.523 e. The maximum absolute atomic E-state index is 12.0. The smallest absolute Gasteiger partial charge is 0.275 e. The number of hydrogen-bond acceptors (Lipinski definition) is 4. The summed E-state index contributed by atoms with van der Waals surface area (Å²) in [6.45, 7) is 1.09. The minimum atomic E-state index is -5.55. The highest BCUT2D eigenvalue weighted by atomic mass is 32.2. The van der Waals surface area contributed by atoms with Gasteiger partial charge < -0.3 is 0 Å². The molecule has 0 fully saturated rings. The Morgan fingerprint density at radius 2 is 2.06 bits per heavy atom. The van der Waals surface area contributed by atoms with E-state index < -0.39 is 22.2 Å². The molecule has 98 valence electrons. The summed E-state index contributed by atoms with van der Waals surface area (Å²) < 4.78 is 62.6. The molecule has 9 heteroatoms. The van der Waals surface area contributed by atoms with E-state index in [0.29, 0.717) is 17.7 Å². The highest BCUT2D eigenvalue weighted by Crippen LogP contribution is 2.25. The third-order valence-corrected chi connectivity index (χ3v) is 2.97. The van der Waals surface area contributed by atoms with Crippen LogP contribution in [-0.2, 0) is 34.4 Å². The molecule has 0 aliphatic heterocycles. The predicted molar refractivity (Wildman–Crippen MR) is 52.3 cm³/mol. The normalized spacial score (nSPS) is 13.0. The summed E-state index contributed by atoms with van der Waals surface area (Å²) in [4.78, 5) is 0. The molecule has 17 heavy (non-hydrogen) atoms. The summed E-state index contributed by atoms with van der Waals surface area (Å²) in [5.74, 6) is 0. The van der Waals surface area contributed by atoms with E-state index in [4.69, 9.17) is 0 Å². The molecule has 0 saturated carbocycles. The molecule has 0 atom stereocenters. The molecule has 0 radical (unpaired) electrons.